The van der Waals surface area contributed by atoms with Crippen LogP contribution in [0.3, 0.4) is 0 Å². The summed E-state index contributed by atoms with van der Waals surface area (Å²) in [6.45, 7) is 0. The van der Waals surface area contributed by atoms with Crippen LogP contribution in [0.25, 0.3) is 32.5 Å². The normalized spacial score (nSPS) is 11.5. The molecule has 0 atom stereocenters. The molecule has 4 heteroatoms. The maximum Gasteiger partial charge on any atom is 0.344 e. The predicted octanol–water partition coefficient (Wildman–Crippen LogP) is 5.62. The summed E-state index contributed by atoms with van der Waals surface area (Å²) in [4.78, 5) is 12.3. The van der Waals surface area contributed by atoms with E-state index in [0.717, 1.165) is 30.5 Å². The van der Waals surface area contributed by atoms with Crippen LogP contribution in [-0.4, -0.2) is 0 Å². The maximum atomic E-state index is 12.3. The van der Waals surface area contributed by atoms with Crippen molar-refractivity contribution in [3.05, 3.63) is 67.9 Å². The Morgan fingerprint density at radius 2 is 1.33 bits per heavy atom. The second kappa shape index (κ2) is 4.68. The molecule has 0 spiro atoms. The monoisotopic (exact) mass is 402 g/mol. The van der Waals surface area contributed by atoms with E-state index in [9.17, 15) is 4.79 Å². The van der Waals surface area contributed by atoms with Crippen molar-refractivity contribution in [1.82, 2.24) is 0 Å². The van der Waals surface area contributed by atoms with Gasteiger partial charge in [0.05, 0.1) is 5.39 Å². The van der Waals surface area contributed by atoms with Crippen LogP contribution in [-0.2, 0) is 0 Å². The molecule has 4 rings (SSSR count). The summed E-state index contributed by atoms with van der Waals surface area (Å²) in [6.07, 6.45) is 0. The highest BCUT2D eigenvalue weighted by Crippen LogP contribution is 2.31. The van der Waals surface area contributed by atoms with Crippen molar-refractivity contribution < 1.29 is 4.42 Å². The van der Waals surface area contributed by atoms with E-state index in [2.05, 4.69) is 31.9 Å². The fraction of sp³-hybridized carbons (Fsp3) is 0. The van der Waals surface area contributed by atoms with Crippen molar-refractivity contribution in [2.24, 2.45) is 0 Å². The Labute approximate surface area is 136 Å². The summed E-state index contributed by atoms with van der Waals surface area (Å²) in [5.74, 6) is 0. The minimum atomic E-state index is -0.314. The lowest BCUT2D eigenvalue weighted by Crippen LogP contribution is -2.00. The number of hydrogen-bond donors (Lipinski definition) is 0. The molecule has 3 aromatic carbocycles. The SMILES string of the molecule is O=c1oc2c3cc(Br)ccc3ccc2c2ccc(Br)cc12. The minimum Gasteiger partial charge on any atom is -0.422 e. The Bertz CT molecular complexity index is 1080. The lowest BCUT2D eigenvalue weighted by Gasteiger charge is -2.06. The first kappa shape index (κ1) is 13.0. The molecule has 0 unspecified atom stereocenters. The summed E-state index contributed by atoms with van der Waals surface area (Å²) < 4.78 is 7.43. The van der Waals surface area contributed by atoms with Gasteiger partial charge in [0.2, 0.25) is 0 Å². The number of rotatable bonds is 0. The lowest BCUT2D eigenvalue weighted by molar-refractivity contribution is 0.573. The van der Waals surface area contributed by atoms with Crippen molar-refractivity contribution >= 4 is 64.4 Å². The van der Waals surface area contributed by atoms with Gasteiger partial charge in [-0.2, -0.15) is 0 Å². The van der Waals surface area contributed by atoms with Gasteiger partial charge in [-0.05, 0) is 35.7 Å². The van der Waals surface area contributed by atoms with Gasteiger partial charge in [0.25, 0.3) is 0 Å². The molecule has 0 bridgehead atoms. The molecule has 4 aromatic rings. The van der Waals surface area contributed by atoms with E-state index in [4.69, 9.17) is 4.42 Å². The van der Waals surface area contributed by atoms with Crippen molar-refractivity contribution in [2.45, 2.75) is 0 Å². The van der Waals surface area contributed by atoms with Crippen molar-refractivity contribution in [1.29, 1.82) is 0 Å². The third kappa shape index (κ3) is 2.01. The van der Waals surface area contributed by atoms with E-state index < -0.39 is 0 Å². The maximum absolute atomic E-state index is 12.3. The number of halogens is 2. The number of fused-ring (bicyclic) bond motifs is 5. The first-order valence-electron chi connectivity index (χ1n) is 6.38. The highest BCUT2D eigenvalue weighted by molar-refractivity contribution is 9.10. The smallest absolute Gasteiger partial charge is 0.344 e. The topological polar surface area (TPSA) is 30.2 Å². The van der Waals surface area contributed by atoms with Gasteiger partial charge in [-0.1, -0.05) is 50.1 Å². The van der Waals surface area contributed by atoms with E-state index in [-0.39, 0.29) is 5.63 Å². The molecule has 0 fully saturated rings. The molecular formula is C17H8Br2O2. The van der Waals surface area contributed by atoms with Gasteiger partial charge in [0.15, 0.2) is 0 Å². The quantitative estimate of drug-likeness (QED) is 0.281. The summed E-state index contributed by atoms with van der Waals surface area (Å²) in [5, 5.41) is 4.43. The van der Waals surface area contributed by atoms with Gasteiger partial charge < -0.3 is 4.42 Å². The van der Waals surface area contributed by atoms with Gasteiger partial charge in [0.1, 0.15) is 5.58 Å². The largest absolute Gasteiger partial charge is 0.422 e. The van der Waals surface area contributed by atoms with Gasteiger partial charge >= 0.3 is 5.63 Å². The highest BCUT2D eigenvalue weighted by atomic mass is 79.9. The van der Waals surface area contributed by atoms with Gasteiger partial charge in [-0.25, -0.2) is 4.79 Å². The molecule has 102 valence electrons. The highest BCUT2D eigenvalue weighted by Gasteiger charge is 2.10. The molecule has 0 saturated carbocycles. The van der Waals surface area contributed by atoms with Gasteiger partial charge in [-0.3, -0.25) is 0 Å². The van der Waals surface area contributed by atoms with Crippen molar-refractivity contribution in [3.63, 3.8) is 0 Å². The van der Waals surface area contributed by atoms with Crippen LogP contribution >= 0.6 is 31.9 Å². The molecule has 0 saturated heterocycles. The van der Waals surface area contributed by atoms with Crippen LogP contribution in [0, 0.1) is 0 Å². The van der Waals surface area contributed by atoms with Crippen LogP contribution in [0.5, 0.6) is 0 Å². The Balaban J connectivity index is 2.31. The second-order valence-electron chi connectivity index (χ2n) is 4.89. The van der Waals surface area contributed by atoms with Crippen molar-refractivity contribution in [3.8, 4) is 0 Å². The van der Waals surface area contributed by atoms with Gasteiger partial charge in [0, 0.05) is 25.1 Å². The molecule has 0 aliphatic rings. The minimum absolute atomic E-state index is 0.314. The lowest BCUT2D eigenvalue weighted by atomic mass is 10.0. The molecule has 1 aromatic heterocycles. The standard InChI is InChI=1S/C17H8Br2O2/c18-10-3-1-9-2-5-13-12-6-4-11(19)8-15(12)17(20)21-16(13)14(9)7-10/h1-8H. The Hall–Kier alpha value is -1.65. The third-order valence-corrected chi connectivity index (χ3v) is 4.61. The Morgan fingerprint density at radius 3 is 2.14 bits per heavy atom. The number of benzene rings is 3. The zero-order valence-electron chi connectivity index (χ0n) is 10.7. The average molecular weight is 404 g/mol. The van der Waals surface area contributed by atoms with E-state index in [1.807, 2.05) is 42.5 Å². The first-order valence-corrected chi connectivity index (χ1v) is 7.96. The molecule has 0 radical (unpaired) electrons. The Morgan fingerprint density at radius 1 is 0.714 bits per heavy atom. The van der Waals surface area contributed by atoms with E-state index in [0.29, 0.717) is 11.0 Å². The average Bonchev–Trinajstić information content (AvgIpc) is 2.47. The number of hydrogen-bond acceptors (Lipinski definition) is 2. The van der Waals surface area contributed by atoms with E-state index in [1.54, 1.807) is 6.07 Å². The van der Waals surface area contributed by atoms with Crippen LogP contribution in [0.1, 0.15) is 0 Å². The van der Waals surface area contributed by atoms with Crippen LogP contribution in [0.15, 0.2) is 66.7 Å². The van der Waals surface area contributed by atoms with Crippen LogP contribution in [0.2, 0.25) is 0 Å². The Kier molecular flexibility index (Phi) is 2.91. The molecule has 0 N–H and O–H groups in total. The zero-order chi connectivity index (χ0) is 14.6. The molecule has 0 aliphatic heterocycles. The van der Waals surface area contributed by atoms with Crippen molar-refractivity contribution in [2.75, 3.05) is 0 Å². The fourth-order valence-corrected chi connectivity index (χ4v) is 3.38. The first-order chi connectivity index (χ1) is 10.1. The second-order valence-corrected chi connectivity index (χ2v) is 6.72. The van der Waals surface area contributed by atoms with E-state index >= 15 is 0 Å². The molecule has 1 heterocycles. The summed E-state index contributed by atoms with van der Waals surface area (Å²) in [5.41, 5.74) is 0.319. The van der Waals surface area contributed by atoms with Crippen LogP contribution < -0.4 is 5.63 Å². The predicted molar refractivity (Wildman–Crippen MR) is 92.9 cm³/mol. The summed E-state index contributed by atoms with van der Waals surface area (Å²) >= 11 is 6.86. The zero-order valence-corrected chi connectivity index (χ0v) is 13.9. The molecule has 2 nitrogen and oxygen atoms in total. The van der Waals surface area contributed by atoms with E-state index in [1.165, 1.54) is 0 Å². The molecule has 0 aliphatic carbocycles. The fourth-order valence-electron chi connectivity index (χ4n) is 2.65. The van der Waals surface area contributed by atoms with Gasteiger partial charge in [-0.15, -0.1) is 0 Å². The summed E-state index contributed by atoms with van der Waals surface area (Å²) in [7, 11) is 0. The third-order valence-electron chi connectivity index (χ3n) is 3.62. The summed E-state index contributed by atoms with van der Waals surface area (Å²) in [6, 6.07) is 15.7. The van der Waals surface area contributed by atoms with Crippen LogP contribution in [0.4, 0.5) is 0 Å². The molecule has 21 heavy (non-hydrogen) atoms. The molecule has 0 amide bonds. The molecular weight excluding hydrogens is 396 g/mol.